The van der Waals surface area contributed by atoms with Crippen LogP contribution in [0.1, 0.15) is 18.5 Å². The molecule has 1 aromatic rings. The molecule has 0 aliphatic rings. The van der Waals surface area contributed by atoms with E-state index in [0.717, 1.165) is 0 Å². The Hall–Kier alpha value is -2.45. The summed E-state index contributed by atoms with van der Waals surface area (Å²) in [7, 11) is 0. The average molecular weight is 261 g/mol. The molecule has 0 saturated carbocycles. The fraction of sp³-hybridized carbons (Fsp3) is 0.545. The first-order valence-electron chi connectivity index (χ1n) is 5.82. The van der Waals surface area contributed by atoms with E-state index >= 15 is 0 Å². The van der Waals surface area contributed by atoms with E-state index < -0.39 is 0 Å². The Morgan fingerprint density at radius 1 is 1.37 bits per heavy atom. The molecule has 0 aliphatic carbocycles. The first kappa shape index (κ1) is 14.6. The first-order chi connectivity index (χ1) is 9.21. The molecular formula is C11H15N7O. The second-order valence-electron chi connectivity index (χ2n) is 3.81. The van der Waals surface area contributed by atoms with Crippen molar-refractivity contribution in [3.8, 4) is 12.1 Å². The largest absolute Gasteiger partial charge is 0.339 e. The Morgan fingerprint density at radius 2 is 2.00 bits per heavy atom. The van der Waals surface area contributed by atoms with Crippen molar-refractivity contribution in [3.05, 3.63) is 11.9 Å². The van der Waals surface area contributed by atoms with Crippen molar-refractivity contribution in [2.45, 2.75) is 25.9 Å². The van der Waals surface area contributed by atoms with Crippen LogP contribution in [0.5, 0.6) is 0 Å². The SMILES string of the molecule is N#CCCN(CCC#N)C(=O)Cn1cc(CN)nn1. The monoisotopic (exact) mass is 261 g/mol. The summed E-state index contributed by atoms with van der Waals surface area (Å²) in [6.07, 6.45) is 2.08. The van der Waals surface area contributed by atoms with Crippen LogP contribution in [0, 0.1) is 22.7 Å². The van der Waals surface area contributed by atoms with Crippen LogP contribution in [0.15, 0.2) is 6.20 Å². The standard InChI is InChI=1S/C11H15N7O/c12-3-1-5-17(6-2-4-13)11(19)9-18-8-10(7-14)15-16-18/h8H,1-2,5-7,9,14H2. The summed E-state index contributed by atoms with van der Waals surface area (Å²) in [6, 6.07) is 3.96. The van der Waals surface area contributed by atoms with Gasteiger partial charge in [0.1, 0.15) is 6.54 Å². The molecule has 0 atom stereocenters. The second-order valence-corrected chi connectivity index (χ2v) is 3.81. The molecule has 100 valence electrons. The van der Waals surface area contributed by atoms with Crippen molar-refractivity contribution in [2.75, 3.05) is 13.1 Å². The number of amides is 1. The third-order valence-corrected chi connectivity index (χ3v) is 2.43. The summed E-state index contributed by atoms with van der Waals surface area (Å²) in [6.45, 7) is 0.926. The summed E-state index contributed by atoms with van der Waals surface area (Å²) in [5, 5.41) is 24.7. The van der Waals surface area contributed by atoms with Crippen molar-refractivity contribution in [2.24, 2.45) is 5.73 Å². The van der Waals surface area contributed by atoms with Crippen LogP contribution >= 0.6 is 0 Å². The molecule has 2 N–H and O–H groups in total. The maximum absolute atomic E-state index is 12.0. The molecule has 8 heteroatoms. The van der Waals surface area contributed by atoms with Crippen molar-refractivity contribution in [3.63, 3.8) is 0 Å². The van der Waals surface area contributed by atoms with Crippen LogP contribution in [0.3, 0.4) is 0 Å². The number of hydrogen-bond acceptors (Lipinski definition) is 6. The van der Waals surface area contributed by atoms with Crippen molar-refractivity contribution < 1.29 is 4.79 Å². The maximum Gasteiger partial charge on any atom is 0.244 e. The zero-order valence-corrected chi connectivity index (χ0v) is 10.5. The van der Waals surface area contributed by atoms with Gasteiger partial charge in [-0.25, -0.2) is 4.68 Å². The highest BCUT2D eigenvalue weighted by molar-refractivity contribution is 5.75. The highest BCUT2D eigenvalue weighted by Gasteiger charge is 2.14. The molecule has 1 amide bonds. The number of nitrogens with two attached hydrogens (primary N) is 1. The minimum atomic E-state index is -0.195. The lowest BCUT2D eigenvalue weighted by atomic mass is 10.3. The summed E-state index contributed by atoms with van der Waals surface area (Å²) in [4.78, 5) is 13.5. The van der Waals surface area contributed by atoms with Crippen LogP contribution < -0.4 is 5.73 Å². The quantitative estimate of drug-likeness (QED) is 0.698. The predicted molar refractivity (Wildman–Crippen MR) is 65.0 cm³/mol. The highest BCUT2D eigenvalue weighted by atomic mass is 16.2. The van der Waals surface area contributed by atoms with Crippen molar-refractivity contribution in [1.29, 1.82) is 10.5 Å². The fourth-order valence-corrected chi connectivity index (χ4v) is 1.48. The molecule has 1 heterocycles. The Kier molecular flexibility index (Phi) is 5.99. The minimum absolute atomic E-state index is 0.0316. The van der Waals surface area contributed by atoms with E-state index in [-0.39, 0.29) is 31.8 Å². The summed E-state index contributed by atoms with van der Waals surface area (Å²) < 4.78 is 1.40. The lowest BCUT2D eigenvalue weighted by Gasteiger charge is -2.19. The van der Waals surface area contributed by atoms with Gasteiger partial charge in [-0.3, -0.25) is 4.79 Å². The van der Waals surface area contributed by atoms with E-state index in [9.17, 15) is 4.79 Å². The van der Waals surface area contributed by atoms with E-state index in [1.54, 1.807) is 6.20 Å². The number of hydrogen-bond donors (Lipinski definition) is 1. The molecule has 19 heavy (non-hydrogen) atoms. The smallest absolute Gasteiger partial charge is 0.244 e. The number of aromatic nitrogens is 3. The zero-order chi connectivity index (χ0) is 14.1. The van der Waals surface area contributed by atoms with Gasteiger partial charge >= 0.3 is 0 Å². The van der Waals surface area contributed by atoms with Crippen molar-refractivity contribution >= 4 is 5.91 Å². The van der Waals surface area contributed by atoms with E-state index in [1.807, 2.05) is 12.1 Å². The minimum Gasteiger partial charge on any atom is -0.339 e. The normalized spacial score (nSPS) is 9.63. The van der Waals surface area contributed by atoms with Crippen LogP contribution in [0.2, 0.25) is 0 Å². The third kappa shape index (κ3) is 4.74. The van der Waals surface area contributed by atoms with Crippen LogP contribution in [-0.2, 0) is 17.9 Å². The van der Waals surface area contributed by atoms with Gasteiger partial charge in [-0.05, 0) is 0 Å². The Labute approximate surface area is 111 Å². The van der Waals surface area contributed by atoms with Crippen LogP contribution in [0.4, 0.5) is 0 Å². The second kappa shape index (κ2) is 7.80. The van der Waals surface area contributed by atoms with Gasteiger partial charge in [-0.15, -0.1) is 5.10 Å². The first-order valence-corrected chi connectivity index (χ1v) is 5.82. The summed E-state index contributed by atoms with van der Waals surface area (Å²) >= 11 is 0. The summed E-state index contributed by atoms with van der Waals surface area (Å²) in [5.41, 5.74) is 6.01. The number of carbonyl (C=O) groups is 1. The van der Waals surface area contributed by atoms with Crippen LogP contribution in [-0.4, -0.2) is 38.9 Å². The lowest BCUT2D eigenvalue weighted by molar-refractivity contribution is -0.132. The van der Waals surface area contributed by atoms with E-state index in [0.29, 0.717) is 18.8 Å². The Bertz CT molecular complexity index is 478. The number of nitrogens with zero attached hydrogens (tertiary/aromatic N) is 6. The van der Waals surface area contributed by atoms with E-state index in [4.69, 9.17) is 16.3 Å². The molecule has 0 aromatic carbocycles. The van der Waals surface area contributed by atoms with Gasteiger partial charge in [-0.1, -0.05) is 5.21 Å². The molecule has 0 spiro atoms. The number of rotatable bonds is 7. The molecule has 8 nitrogen and oxygen atoms in total. The molecular weight excluding hydrogens is 246 g/mol. The Balaban J connectivity index is 2.60. The molecule has 0 saturated heterocycles. The fourth-order valence-electron chi connectivity index (χ4n) is 1.48. The van der Waals surface area contributed by atoms with Gasteiger partial charge in [0.05, 0.1) is 36.9 Å². The van der Waals surface area contributed by atoms with Gasteiger partial charge in [0.2, 0.25) is 5.91 Å². The lowest BCUT2D eigenvalue weighted by Crippen LogP contribution is -2.35. The number of nitriles is 2. The molecule has 0 radical (unpaired) electrons. The van der Waals surface area contributed by atoms with E-state index in [2.05, 4.69) is 10.3 Å². The molecule has 1 rings (SSSR count). The Morgan fingerprint density at radius 3 is 2.47 bits per heavy atom. The number of carbonyl (C=O) groups excluding carboxylic acids is 1. The molecule has 0 aliphatic heterocycles. The predicted octanol–water partition coefficient (Wildman–Crippen LogP) is -0.607. The maximum atomic E-state index is 12.0. The molecule has 0 bridgehead atoms. The molecule has 0 unspecified atom stereocenters. The van der Waals surface area contributed by atoms with Gasteiger partial charge in [0, 0.05) is 19.6 Å². The molecule has 1 aromatic heterocycles. The molecule has 0 fully saturated rings. The van der Waals surface area contributed by atoms with Crippen molar-refractivity contribution in [1.82, 2.24) is 19.9 Å². The third-order valence-electron chi connectivity index (χ3n) is 2.43. The average Bonchev–Trinajstić information content (AvgIpc) is 2.86. The zero-order valence-electron chi connectivity index (χ0n) is 10.5. The highest BCUT2D eigenvalue weighted by Crippen LogP contribution is 1.99. The van der Waals surface area contributed by atoms with Crippen LogP contribution in [0.25, 0.3) is 0 Å². The van der Waals surface area contributed by atoms with Gasteiger partial charge in [-0.2, -0.15) is 10.5 Å². The topological polar surface area (TPSA) is 125 Å². The van der Waals surface area contributed by atoms with E-state index in [1.165, 1.54) is 9.58 Å². The summed E-state index contributed by atoms with van der Waals surface area (Å²) in [5.74, 6) is -0.195. The van der Waals surface area contributed by atoms with Gasteiger partial charge in [0.25, 0.3) is 0 Å². The van der Waals surface area contributed by atoms with Gasteiger partial charge < -0.3 is 10.6 Å². The van der Waals surface area contributed by atoms with Gasteiger partial charge in [0.15, 0.2) is 0 Å².